The molecule has 0 heterocycles. The molecule has 412 valence electrons. The Morgan fingerprint density at radius 3 is 0.972 bits per heavy atom. The van der Waals surface area contributed by atoms with E-state index in [1.165, 1.54) is 19.3 Å². The van der Waals surface area contributed by atoms with E-state index in [1.807, 2.05) is 0 Å². The lowest BCUT2D eigenvalue weighted by Crippen LogP contribution is -2.25. The van der Waals surface area contributed by atoms with Crippen LogP contribution in [0.3, 0.4) is 0 Å². The van der Waals surface area contributed by atoms with Crippen LogP contribution < -0.4 is 0 Å². The molecule has 0 rings (SSSR count). The van der Waals surface area contributed by atoms with E-state index in [9.17, 15) is 43.8 Å². The molecule has 0 bridgehead atoms. The first-order valence-corrected chi connectivity index (χ1v) is 29.2. The first kappa shape index (κ1) is 68.7. The van der Waals surface area contributed by atoms with E-state index in [0.717, 1.165) is 109 Å². The van der Waals surface area contributed by atoms with Crippen molar-refractivity contribution in [1.82, 2.24) is 0 Å². The molecule has 0 aromatic carbocycles. The van der Waals surface area contributed by atoms with Crippen LogP contribution in [-0.2, 0) is 46.3 Å². The Kier molecular flexibility index (Phi) is 47.6. The summed E-state index contributed by atoms with van der Waals surface area (Å²) in [6.45, 7) is 0.199. The van der Waals surface area contributed by atoms with Gasteiger partial charge in [-0.1, -0.05) is 162 Å². The number of phosphoric ester groups is 2. The maximum atomic E-state index is 12.2. The number of phosphoric acid groups is 2. The van der Waals surface area contributed by atoms with Crippen molar-refractivity contribution in [2.75, 3.05) is 39.6 Å². The molecule has 0 aliphatic carbocycles. The molecule has 0 amide bonds. The third kappa shape index (κ3) is 51.6. The van der Waals surface area contributed by atoms with Crippen molar-refractivity contribution in [2.45, 2.75) is 186 Å². The summed E-state index contributed by atoms with van der Waals surface area (Å²) in [5, 5.41) is 30.1. The van der Waals surface area contributed by atoms with Crippen LogP contribution in [0.15, 0.2) is 109 Å². The molecule has 0 aromatic rings. The predicted molar refractivity (Wildman–Crippen MR) is 288 cm³/mol. The zero-order valence-corrected chi connectivity index (χ0v) is 45.3. The van der Waals surface area contributed by atoms with Gasteiger partial charge < -0.3 is 34.6 Å². The van der Waals surface area contributed by atoms with Crippen LogP contribution >= 0.6 is 15.6 Å². The average Bonchev–Trinajstić information content (AvgIpc) is 3.36. The smallest absolute Gasteiger partial charge is 0.463 e. The molecule has 0 saturated carbocycles. The Morgan fingerprint density at radius 2 is 0.639 bits per heavy atom. The summed E-state index contributed by atoms with van der Waals surface area (Å²) in [6.07, 6.45) is 56.4. The third-order valence-corrected chi connectivity index (χ3v) is 12.1. The van der Waals surface area contributed by atoms with Gasteiger partial charge in [0.05, 0.1) is 26.4 Å². The van der Waals surface area contributed by atoms with Gasteiger partial charge in [0.2, 0.25) is 0 Å². The Hall–Kier alpha value is -3.30. The number of esters is 2. The van der Waals surface area contributed by atoms with E-state index < -0.39 is 85.5 Å². The van der Waals surface area contributed by atoms with Gasteiger partial charge in [-0.2, -0.15) is 0 Å². The van der Waals surface area contributed by atoms with Crippen molar-refractivity contribution in [1.29, 1.82) is 0 Å². The Labute approximate surface area is 432 Å². The fourth-order valence-electron chi connectivity index (χ4n) is 6.16. The zero-order valence-electron chi connectivity index (χ0n) is 43.6. The van der Waals surface area contributed by atoms with Crippen molar-refractivity contribution >= 4 is 27.6 Å². The van der Waals surface area contributed by atoms with Gasteiger partial charge in [-0.15, -0.1) is 0 Å². The molecule has 0 aliphatic heterocycles. The van der Waals surface area contributed by atoms with Gasteiger partial charge in [0.1, 0.15) is 31.5 Å². The van der Waals surface area contributed by atoms with Gasteiger partial charge in [-0.05, 0) is 103 Å². The van der Waals surface area contributed by atoms with Crippen LogP contribution in [-0.4, -0.2) is 95.0 Å². The first-order valence-electron chi connectivity index (χ1n) is 26.2. The summed E-state index contributed by atoms with van der Waals surface area (Å²) in [5.41, 5.74) is 0. The monoisotopic (exact) mass is 1050 g/mol. The largest absolute Gasteiger partial charge is 0.472 e. The van der Waals surface area contributed by atoms with Crippen molar-refractivity contribution in [3.05, 3.63) is 109 Å². The van der Waals surface area contributed by atoms with E-state index in [2.05, 4.69) is 141 Å². The van der Waals surface area contributed by atoms with E-state index in [-0.39, 0.29) is 12.8 Å². The zero-order chi connectivity index (χ0) is 53.1. The van der Waals surface area contributed by atoms with Crippen LogP contribution in [0.1, 0.15) is 168 Å². The lowest BCUT2D eigenvalue weighted by atomic mass is 10.1. The Morgan fingerprint density at radius 1 is 0.375 bits per heavy atom. The SMILES string of the molecule is CC/C=C\C/C=C\C/C=C\C/C=C\C/C=C\CCCCCCCC(=O)OCC(O)COP(=O)(O)OCC(O)COP(=O)(O)OCC(O)COC(=O)CCCCC/C=C\C/C=C\C/C=C\C/C=C\CCCCC. The summed E-state index contributed by atoms with van der Waals surface area (Å²) in [4.78, 5) is 43.9. The van der Waals surface area contributed by atoms with Crippen LogP contribution in [0.25, 0.3) is 0 Å². The second-order valence-corrected chi connectivity index (χ2v) is 20.1. The standard InChI is InChI=1S/C55H92O15P2/c1-3-5-7-9-11-13-15-17-19-21-23-24-26-28-30-32-34-36-38-40-42-44-55(60)66-46-52(57)48-68-72(63,64)70-50-53(58)49-69-71(61,62)67-47-51(56)45-65-54(59)43-41-39-37-35-33-31-29-27-25-22-20-18-16-14-12-10-8-6-4-2/h5,7,11-14,17-20,23-25,27-28,30-31,33,51-53,56-58H,3-4,6,8-10,15-16,21-22,26,29,32,34-50H2,1-2H3,(H,61,62)(H,63,64)/b7-5-,13-11-,14-12-,19-17-,20-18-,24-23-,27-25-,30-28-,33-31-. The number of ether oxygens (including phenoxy) is 2. The van der Waals surface area contributed by atoms with E-state index in [1.54, 1.807) is 0 Å². The number of unbranched alkanes of at least 4 members (excludes halogenated alkanes) is 11. The number of rotatable bonds is 49. The number of aliphatic hydroxyl groups excluding tert-OH is 3. The highest BCUT2D eigenvalue weighted by atomic mass is 31.2. The number of carbonyl (C=O) groups excluding carboxylic acids is 2. The first-order chi connectivity index (χ1) is 34.8. The minimum absolute atomic E-state index is 0.154. The summed E-state index contributed by atoms with van der Waals surface area (Å²) >= 11 is 0. The van der Waals surface area contributed by atoms with Crippen LogP contribution in [0.4, 0.5) is 0 Å². The summed E-state index contributed by atoms with van der Waals surface area (Å²) in [6, 6.07) is 0. The molecular formula is C55H92O15P2. The molecule has 0 spiro atoms. The Bertz CT molecular complexity index is 1700. The molecule has 0 aromatic heterocycles. The normalized spacial score (nSPS) is 15.7. The van der Waals surface area contributed by atoms with Gasteiger partial charge >= 0.3 is 27.6 Å². The van der Waals surface area contributed by atoms with Gasteiger partial charge in [0, 0.05) is 12.8 Å². The summed E-state index contributed by atoms with van der Waals surface area (Å²) in [7, 11) is -9.61. The quantitative estimate of drug-likeness (QED) is 0.0165. The number of hydrogen-bond acceptors (Lipinski definition) is 13. The fourth-order valence-corrected chi connectivity index (χ4v) is 7.75. The van der Waals surface area contributed by atoms with E-state index >= 15 is 0 Å². The minimum atomic E-state index is -4.80. The highest BCUT2D eigenvalue weighted by molar-refractivity contribution is 7.47. The van der Waals surface area contributed by atoms with Gasteiger partial charge in [-0.25, -0.2) is 9.13 Å². The van der Waals surface area contributed by atoms with Crippen molar-refractivity contribution in [2.24, 2.45) is 0 Å². The van der Waals surface area contributed by atoms with Gasteiger partial charge in [0.15, 0.2) is 0 Å². The van der Waals surface area contributed by atoms with Crippen LogP contribution in [0.5, 0.6) is 0 Å². The van der Waals surface area contributed by atoms with E-state index in [0.29, 0.717) is 12.8 Å². The molecule has 0 fully saturated rings. The molecule has 15 nitrogen and oxygen atoms in total. The van der Waals surface area contributed by atoms with Gasteiger partial charge in [-0.3, -0.25) is 27.7 Å². The second kappa shape index (κ2) is 49.9. The number of aliphatic hydroxyl groups is 3. The molecule has 5 N–H and O–H groups in total. The molecular weight excluding hydrogens is 963 g/mol. The Balaban J connectivity index is 3.94. The fraction of sp³-hybridized carbons (Fsp3) is 0.636. The van der Waals surface area contributed by atoms with Crippen LogP contribution in [0.2, 0.25) is 0 Å². The molecule has 5 atom stereocenters. The lowest BCUT2D eigenvalue weighted by molar-refractivity contribution is -0.148. The highest BCUT2D eigenvalue weighted by Crippen LogP contribution is 2.45. The highest BCUT2D eigenvalue weighted by Gasteiger charge is 2.28. The maximum Gasteiger partial charge on any atom is 0.472 e. The number of allylic oxidation sites excluding steroid dienone is 18. The minimum Gasteiger partial charge on any atom is -0.463 e. The lowest BCUT2D eigenvalue weighted by Gasteiger charge is -2.19. The average molecular weight is 1060 g/mol. The molecule has 0 aliphatic rings. The molecule has 72 heavy (non-hydrogen) atoms. The second-order valence-electron chi connectivity index (χ2n) is 17.2. The third-order valence-electron chi connectivity index (χ3n) is 10.2. The van der Waals surface area contributed by atoms with E-state index in [4.69, 9.17) is 9.47 Å². The van der Waals surface area contributed by atoms with Crippen molar-refractivity contribution < 1.29 is 71.4 Å². The van der Waals surface area contributed by atoms with Crippen LogP contribution in [0, 0.1) is 0 Å². The summed E-state index contributed by atoms with van der Waals surface area (Å²) in [5.74, 6) is -1.05. The molecule has 0 radical (unpaired) electrons. The number of hydrogen-bond donors (Lipinski definition) is 5. The summed E-state index contributed by atoms with van der Waals surface area (Å²) < 4.78 is 53.1. The number of carbonyl (C=O) groups is 2. The molecule has 17 heteroatoms. The van der Waals surface area contributed by atoms with Crippen molar-refractivity contribution in [3.63, 3.8) is 0 Å². The molecule has 5 unspecified atom stereocenters. The van der Waals surface area contributed by atoms with Gasteiger partial charge in [0.25, 0.3) is 0 Å². The maximum absolute atomic E-state index is 12.2. The predicted octanol–water partition coefficient (Wildman–Crippen LogP) is 12.8. The van der Waals surface area contributed by atoms with Crippen molar-refractivity contribution in [3.8, 4) is 0 Å². The topological polar surface area (TPSA) is 225 Å². The molecule has 0 saturated heterocycles.